The number of aromatic nitrogens is 3. The fourth-order valence-electron chi connectivity index (χ4n) is 5.17. The van der Waals surface area contributed by atoms with Gasteiger partial charge in [-0.15, -0.1) is 0 Å². The summed E-state index contributed by atoms with van der Waals surface area (Å²) in [6.07, 6.45) is 5.42. The molecule has 0 aliphatic rings. The minimum atomic E-state index is -0.490. The van der Waals surface area contributed by atoms with Gasteiger partial charge in [-0.3, -0.25) is 25.0 Å². The molecule has 0 bridgehead atoms. The lowest BCUT2D eigenvalue weighted by Gasteiger charge is -2.01. The van der Waals surface area contributed by atoms with Crippen molar-refractivity contribution in [2.45, 2.75) is 26.9 Å². The lowest BCUT2D eigenvalue weighted by atomic mass is 10.1. The number of benzene rings is 5. The minimum absolute atomic E-state index is 0.295. The highest BCUT2D eigenvalue weighted by Crippen LogP contribution is 2.10. The first-order valence-electron chi connectivity index (χ1n) is 18.8. The van der Waals surface area contributed by atoms with Crippen LogP contribution in [0.4, 0.5) is 0 Å². The van der Waals surface area contributed by atoms with E-state index >= 15 is 0 Å². The number of carbonyl (C=O) groups excluding carboxylic acids is 2. The van der Waals surface area contributed by atoms with E-state index in [2.05, 4.69) is 66.7 Å². The number of nitrogens with one attached hydrogen (secondary N) is 3. The van der Waals surface area contributed by atoms with Gasteiger partial charge >= 0.3 is 5.97 Å². The van der Waals surface area contributed by atoms with Gasteiger partial charge in [0.15, 0.2) is 0 Å². The summed E-state index contributed by atoms with van der Waals surface area (Å²) in [6.45, 7) is 5.57. The molecule has 8 rings (SSSR count). The molecule has 0 fully saturated rings. The van der Waals surface area contributed by atoms with Crippen LogP contribution in [0.1, 0.15) is 45.7 Å². The van der Waals surface area contributed by atoms with Crippen molar-refractivity contribution in [1.82, 2.24) is 31.1 Å². The Hall–Kier alpha value is -6.85. The number of hydroxylamine groups is 1. The van der Waals surface area contributed by atoms with Gasteiger partial charge in [0.2, 0.25) is 0 Å². The number of methoxy groups -OCH3 is 1. The first-order chi connectivity index (χ1) is 28.4. The van der Waals surface area contributed by atoms with Gasteiger partial charge in [-0.05, 0) is 85.9 Å². The third kappa shape index (κ3) is 15.7. The molecule has 0 atom stereocenters. The Morgan fingerprint density at radius 1 is 0.500 bits per heavy atom. The zero-order valence-corrected chi connectivity index (χ0v) is 33.7. The summed E-state index contributed by atoms with van der Waals surface area (Å²) in [6, 6.07) is 50.6. The molecule has 0 saturated carbocycles. The van der Waals surface area contributed by atoms with Gasteiger partial charge in [0.05, 0.1) is 29.2 Å². The normalized spacial score (nSPS) is 9.62. The molecule has 0 aliphatic carbocycles. The number of rotatable bonds is 6. The van der Waals surface area contributed by atoms with E-state index in [1.54, 1.807) is 29.7 Å². The van der Waals surface area contributed by atoms with Gasteiger partial charge in [0.1, 0.15) is 0 Å². The Bertz CT molecular complexity index is 1940. The van der Waals surface area contributed by atoms with Crippen molar-refractivity contribution < 1.29 is 19.5 Å². The Labute approximate surface area is 341 Å². The van der Waals surface area contributed by atoms with Gasteiger partial charge < -0.3 is 15.4 Å². The van der Waals surface area contributed by atoms with E-state index in [0.29, 0.717) is 11.1 Å². The van der Waals surface area contributed by atoms with Gasteiger partial charge in [-0.2, -0.15) is 0 Å². The van der Waals surface area contributed by atoms with Crippen LogP contribution in [0.2, 0.25) is 0 Å². The van der Waals surface area contributed by atoms with Crippen LogP contribution in [0.25, 0.3) is 32.7 Å². The molecule has 0 aliphatic heterocycles. The number of esters is 1. The number of nitrogens with zero attached hydrogens (tertiary/aromatic N) is 3. The zero-order chi connectivity index (χ0) is 41.8. The molecule has 4 N–H and O–H groups in total. The number of fused-ring (bicyclic) bond motifs is 3. The van der Waals surface area contributed by atoms with Crippen LogP contribution < -0.4 is 16.1 Å². The molecule has 5 aromatic carbocycles. The maximum Gasteiger partial charge on any atom is 0.337 e. The fourth-order valence-corrected chi connectivity index (χ4v) is 5.17. The molecule has 8 aromatic rings. The minimum Gasteiger partial charge on any atom is -0.465 e. The van der Waals surface area contributed by atoms with E-state index in [-0.39, 0.29) is 5.97 Å². The average molecular weight is 777 g/mol. The third-order valence-electron chi connectivity index (χ3n) is 7.99. The maximum absolute atomic E-state index is 11.0. The summed E-state index contributed by atoms with van der Waals surface area (Å²) in [5.74, 6) is -0.785. The van der Waals surface area contributed by atoms with Crippen LogP contribution in [0.3, 0.4) is 0 Å². The Morgan fingerprint density at radius 2 is 0.828 bits per heavy atom. The quantitative estimate of drug-likeness (QED) is 0.0739. The highest BCUT2D eigenvalue weighted by molar-refractivity contribution is 5.93. The highest BCUT2D eigenvalue weighted by atomic mass is 16.5. The predicted molar refractivity (Wildman–Crippen MR) is 236 cm³/mol. The molecular weight excluding hydrogens is 725 g/mol. The van der Waals surface area contributed by atoms with E-state index in [1.165, 1.54) is 23.3 Å². The molecule has 1 amide bonds. The van der Waals surface area contributed by atoms with Crippen molar-refractivity contribution >= 4 is 44.6 Å². The van der Waals surface area contributed by atoms with Crippen molar-refractivity contribution in [3.8, 4) is 0 Å². The van der Waals surface area contributed by atoms with Crippen LogP contribution >= 0.6 is 0 Å². The number of hydrogen-bond donors (Lipinski definition) is 4. The predicted octanol–water partition coefficient (Wildman–Crippen LogP) is 9.45. The summed E-state index contributed by atoms with van der Waals surface area (Å²) < 4.78 is 4.58. The van der Waals surface area contributed by atoms with Crippen molar-refractivity contribution in [3.63, 3.8) is 0 Å². The first kappa shape index (κ1) is 45.5. The number of pyridine rings is 3. The standard InChI is InChI=1S/C10H13NO2.C9H12N2O2.3C9H7N.C2H6/c1-11-7-8-3-5-9(6-4-8)10(12)13-2;1-10-6-7-2-4-8(5-3-7)9(12)11-13;3*1-2-6-9-8(4-1)5-3-7-10-9;1-2/h3-6,11H,7H2,1-2H3;2-5,10,13H,6H2,1H3,(H,11,12);3*1-7H;1-2H3. The second-order valence-electron chi connectivity index (χ2n) is 12.0. The molecule has 0 saturated heterocycles. The number of carbonyl (C=O) groups is 2. The maximum atomic E-state index is 11.0. The molecule has 3 heterocycles. The van der Waals surface area contributed by atoms with Crippen molar-refractivity contribution in [3.05, 3.63) is 199 Å². The molecule has 0 unspecified atom stereocenters. The molecule has 10 nitrogen and oxygen atoms in total. The topological polar surface area (TPSA) is 138 Å². The Kier molecular flexibility index (Phi) is 21.1. The average Bonchev–Trinajstić information content (AvgIpc) is 3.31. The lowest BCUT2D eigenvalue weighted by molar-refractivity contribution is 0.0600. The Morgan fingerprint density at radius 3 is 1.14 bits per heavy atom. The smallest absolute Gasteiger partial charge is 0.337 e. The van der Waals surface area contributed by atoms with Crippen LogP contribution in [-0.2, 0) is 17.8 Å². The van der Waals surface area contributed by atoms with Gasteiger partial charge in [0.25, 0.3) is 5.91 Å². The van der Waals surface area contributed by atoms with Crippen LogP contribution in [0, 0.1) is 0 Å². The van der Waals surface area contributed by atoms with Crippen LogP contribution in [0.15, 0.2) is 176 Å². The number of hydrogen-bond acceptors (Lipinski definition) is 9. The van der Waals surface area contributed by atoms with Crippen molar-refractivity contribution in [2.75, 3.05) is 21.2 Å². The molecular formula is C48H52N6O4. The number of para-hydroxylation sites is 3. The zero-order valence-electron chi connectivity index (χ0n) is 33.7. The molecule has 58 heavy (non-hydrogen) atoms. The van der Waals surface area contributed by atoms with E-state index in [4.69, 9.17) is 5.21 Å². The van der Waals surface area contributed by atoms with E-state index in [9.17, 15) is 9.59 Å². The Balaban J connectivity index is 0.000000192. The summed E-state index contributed by atoms with van der Waals surface area (Å²) in [5.41, 5.74) is 8.03. The number of ether oxygens (including phenoxy) is 1. The van der Waals surface area contributed by atoms with Crippen LogP contribution in [0.5, 0.6) is 0 Å². The second kappa shape index (κ2) is 26.9. The fraction of sp³-hybridized carbons (Fsp3) is 0.146. The summed E-state index contributed by atoms with van der Waals surface area (Å²) in [5, 5.41) is 18.0. The summed E-state index contributed by atoms with van der Waals surface area (Å²) >= 11 is 0. The van der Waals surface area contributed by atoms with Crippen LogP contribution in [-0.4, -0.2) is 53.2 Å². The van der Waals surface area contributed by atoms with Gasteiger partial charge in [-0.25, -0.2) is 10.3 Å². The molecule has 298 valence electrons. The van der Waals surface area contributed by atoms with Gasteiger partial charge in [-0.1, -0.05) is 111 Å². The molecule has 10 heteroatoms. The second-order valence-corrected chi connectivity index (χ2v) is 12.0. The van der Waals surface area contributed by atoms with E-state index < -0.39 is 5.91 Å². The summed E-state index contributed by atoms with van der Waals surface area (Å²) in [4.78, 5) is 34.5. The SMILES string of the molecule is CC.CNCc1ccc(C(=O)NO)cc1.CNCc1ccc(C(=O)OC)cc1.c1ccc2ncccc2c1.c1ccc2ncccc2c1.c1ccc2ncccc2c1. The monoisotopic (exact) mass is 776 g/mol. The first-order valence-corrected chi connectivity index (χ1v) is 18.8. The highest BCUT2D eigenvalue weighted by Gasteiger charge is 2.04. The largest absolute Gasteiger partial charge is 0.465 e. The summed E-state index contributed by atoms with van der Waals surface area (Å²) in [7, 11) is 5.12. The van der Waals surface area contributed by atoms with Crippen molar-refractivity contribution in [2.24, 2.45) is 0 Å². The lowest BCUT2D eigenvalue weighted by Crippen LogP contribution is -2.18. The molecule has 0 radical (unpaired) electrons. The van der Waals surface area contributed by atoms with Crippen molar-refractivity contribution in [1.29, 1.82) is 0 Å². The van der Waals surface area contributed by atoms with E-state index in [0.717, 1.165) is 40.8 Å². The third-order valence-corrected chi connectivity index (χ3v) is 7.99. The molecule has 0 spiro atoms. The van der Waals surface area contributed by atoms with Gasteiger partial charge in [0, 0.05) is 53.4 Å². The molecule has 3 aromatic heterocycles. The van der Waals surface area contributed by atoms with E-state index in [1.807, 2.05) is 144 Å². The number of amides is 1.